The van der Waals surface area contributed by atoms with E-state index in [0.717, 1.165) is 16.5 Å². The zero-order valence-electron chi connectivity index (χ0n) is 11.0. The molecule has 0 fully saturated rings. The van der Waals surface area contributed by atoms with Crippen molar-refractivity contribution in [1.29, 1.82) is 0 Å². The van der Waals surface area contributed by atoms with Crippen LogP contribution >= 0.6 is 11.6 Å². The summed E-state index contributed by atoms with van der Waals surface area (Å²) >= 11 is 6.27. The second-order valence-electron chi connectivity index (χ2n) is 4.66. The Bertz CT molecular complexity index is 764. The highest BCUT2D eigenvalue weighted by molar-refractivity contribution is 6.35. The van der Waals surface area contributed by atoms with E-state index >= 15 is 0 Å². The number of benzene rings is 2. The number of aromatic hydroxyl groups is 1. The molecule has 0 saturated carbocycles. The first-order valence-corrected chi connectivity index (χ1v) is 6.68. The summed E-state index contributed by atoms with van der Waals surface area (Å²) in [5, 5.41) is 11.4. The first-order chi connectivity index (χ1) is 9.66. The highest BCUT2D eigenvalue weighted by atomic mass is 35.5. The molecule has 102 valence electrons. The number of aryl methyl sites for hydroxylation is 1. The molecule has 0 unspecified atom stereocenters. The van der Waals surface area contributed by atoms with E-state index in [-0.39, 0.29) is 5.75 Å². The van der Waals surface area contributed by atoms with Crippen molar-refractivity contribution < 1.29 is 9.84 Å². The molecule has 0 amide bonds. The maximum Gasteiger partial charge on any atom is 0.161 e. The number of nitrogens with zero attached hydrogens (tertiary/aromatic N) is 1. The lowest BCUT2D eigenvalue weighted by Gasteiger charge is -2.07. The molecule has 0 bridgehead atoms. The predicted molar refractivity (Wildman–Crippen MR) is 80.4 cm³/mol. The summed E-state index contributed by atoms with van der Waals surface area (Å²) in [5.74, 6) is 0.607. The number of ether oxygens (including phenoxy) is 1. The number of phenols is 1. The van der Waals surface area contributed by atoms with Crippen molar-refractivity contribution in [3.05, 3.63) is 59.2 Å². The largest absolute Gasteiger partial charge is 0.504 e. The zero-order valence-corrected chi connectivity index (χ0v) is 11.8. The average molecular weight is 288 g/mol. The van der Waals surface area contributed by atoms with Crippen molar-refractivity contribution in [2.24, 2.45) is 7.05 Å². The van der Waals surface area contributed by atoms with E-state index < -0.39 is 0 Å². The van der Waals surface area contributed by atoms with Crippen molar-refractivity contribution in [3.8, 4) is 11.5 Å². The SMILES string of the molecule is Cn1cc(COc2ccccc2O)c2c(Cl)cccc21. The predicted octanol–water partition coefficient (Wildman–Crippen LogP) is 4.12. The molecule has 1 aromatic heterocycles. The molecule has 0 spiro atoms. The number of phenolic OH excluding ortho intramolecular Hbond substituents is 1. The van der Waals surface area contributed by atoms with Crippen molar-refractivity contribution in [1.82, 2.24) is 4.57 Å². The zero-order chi connectivity index (χ0) is 14.1. The summed E-state index contributed by atoms with van der Waals surface area (Å²) in [4.78, 5) is 0. The maximum atomic E-state index is 9.71. The summed E-state index contributed by atoms with van der Waals surface area (Å²) in [6, 6.07) is 12.7. The average Bonchev–Trinajstić information content (AvgIpc) is 2.76. The van der Waals surface area contributed by atoms with Gasteiger partial charge in [-0.05, 0) is 24.3 Å². The Balaban J connectivity index is 1.94. The van der Waals surface area contributed by atoms with Gasteiger partial charge in [0, 0.05) is 29.7 Å². The van der Waals surface area contributed by atoms with Crippen LogP contribution in [0.1, 0.15) is 5.56 Å². The van der Waals surface area contributed by atoms with Gasteiger partial charge in [-0.15, -0.1) is 0 Å². The number of hydrogen-bond acceptors (Lipinski definition) is 2. The molecular weight excluding hydrogens is 274 g/mol. The van der Waals surface area contributed by atoms with Crippen LogP contribution < -0.4 is 4.74 Å². The fourth-order valence-corrected chi connectivity index (χ4v) is 2.63. The van der Waals surface area contributed by atoms with Crippen molar-refractivity contribution in [2.45, 2.75) is 6.61 Å². The number of fused-ring (bicyclic) bond motifs is 1. The summed E-state index contributed by atoms with van der Waals surface area (Å²) in [7, 11) is 1.97. The van der Waals surface area contributed by atoms with E-state index in [1.807, 2.05) is 42.1 Å². The standard InChI is InChI=1S/C16H14ClNO2/c1-18-9-11(16-12(17)5-4-6-13(16)18)10-20-15-8-3-2-7-14(15)19/h2-9,19H,10H2,1H3. The van der Waals surface area contributed by atoms with Crippen LogP contribution in [-0.4, -0.2) is 9.67 Å². The molecule has 0 aliphatic heterocycles. The van der Waals surface area contributed by atoms with Crippen molar-refractivity contribution in [3.63, 3.8) is 0 Å². The minimum absolute atomic E-state index is 0.138. The van der Waals surface area contributed by atoms with Crippen molar-refractivity contribution in [2.75, 3.05) is 0 Å². The number of halogens is 1. The molecule has 3 nitrogen and oxygen atoms in total. The van der Waals surface area contributed by atoms with E-state index in [4.69, 9.17) is 16.3 Å². The molecule has 0 radical (unpaired) electrons. The number of aromatic nitrogens is 1. The van der Waals surface area contributed by atoms with E-state index in [0.29, 0.717) is 17.4 Å². The molecule has 3 rings (SSSR count). The quantitative estimate of drug-likeness (QED) is 0.786. The Morgan fingerprint density at radius 2 is 1.95 bits per heavy atom. The van der Waals surface area contributed by atoms with E-state index in [9.17, 15) is 5.11 Å². The third kappa shape index (κ3) is 2.21. The first-order valence-electron chi connectivity index (χ1n) is 6.30. The summed E-state index contributed by atoms with van der Waals surface area (Å²) in [6.45, 7) is 0.360. The summed E-state index contributed by atoms with van der Waals surface area (Å²) < 4.78 is 7.70. The second-order valence-corrected chi connectivity index (χ2v) is 5.06. The van der Waals surface area contributed by atoms with Gasteiger partial charge in [0.1, 0.15) is 6.61 Å². The van der Waals surface area contributed by atoms with Crippen LogP contribution in [0, 0.1) is 0 Å². The molecule has 2 aromatic carbocycles. The summed E-state index contributed by atoms with van der Waals surface area (Å²) in [6.07, 6.45) is 2.00. The lowest BCUT2D eigenvalue weighted by Crippen LogP contribution is -1.95. The Hall–Kier alpha value is -2.13. The lowest BCUT2D eigenvalue weighted by atomic mass is 10.2. The summed E-state index contributed by atoms with van der Waals surface area (Å²) in [5.41, 5.74) is 2.06. The van der Waals surface area contributed by atoms with Crippen LogP contribution in [0.2, 0.25) is 5.02 Å². The van der Waals surface area contributed by atoms with E-state index in [1.165, 1.54) is 0 Å². The van der Waals surface area contributed by atoms with Gasteiger partial charge in [-0.3, -0.25) is 0 Å². The third-order valence-electron chi connectivity index (χ3n) is 3.29. The number of para-hydroxylation sites is 2. The van der Waals surface area contributed by atoms with Crippen LogP contribution in [0.25, 0.3) is 10.9 Å². The van der Waals surface area contributed by atoms with Crippen LogP contribution in [0.5, 0.6) is 11.5 Å². The maximum absolute atomic E-state index is 9.71. The fourth-order valence-electron chi connectivity index (χ4n) is 2.34. The molecule has 20 heavy (non-hydrogen) atoms. The van der Waals surface area contributed by atoms with Gasteiger partial charge < -0.3 is 14.4 Å². The normalized spacial score (nSPS) is 10.9. The van der Waals surface area contributed by atoms with Gasteiger partial charge in [0.25, 0.3) is 0 Å². The van der Waals surface area contributed by atoms with Gasteiger partial charge in [-0.25, -0.2) is 0 Å². The highest BCUT2D eigenvalue weighted by Crippen LogP contribution is 2.30. The molecule has 0 aliphatic rings. The van der Waals surface area contributed by atoms with Crippen LogP contribution in [0.3, 0.4) is 0 Å². The molecule has 3 aromatic rings. The van der Waals surface area contributed by atoms with Gasteiger partial charge >= 0.3 is 0 Å². The molecule has 1 heterocycles. The molecule has 0 saturated heterocycles. The Morgan fingerprint density at radius 1 is 1.15 bits per heavy atom. The molecule has 4 heteroatoms. The van der Waals surface area contributed by atoms with Crippen LogP contribution in [-0.2, 0) is 13.7 Å². The van der Waals surface area contributed by atoms with Crippen LogP contribution in [0.4, 0.5) is 0 Å². The Morgan fingerprint density at radius 3 is 2.75 bits per heavy atom. The smallest absolute Gasteiger partial charge is 0.161 e. The van der Waals surface area contributed by atoms with Gasteiger partial charge in [-0.1, -0.05) is 29.8 Å². The van der Waals surface area contributed by atoms with E-state index in [2.05, 4.69) is 0 Å². The molecule has 1 N–H and O–H groups in total. The second kappa shape index (κ2) is 5.10. The lowest BCUT2D eigenvalue weighted by molar-refractivity contribution is 0.290. The Kier molecular flexibility index (Phi) is 3.28. The topological polar surface area (TPSA) is 34.4 Å². The third-order valence-corrected chi connectivity index (χ3v) is 3.61. The molecule has 0 aliphatic carbocycles. The molecular formula is C16H14ClNO2. The van der Waals surface area contributed by atoms with Gasteiger partial charge in [-0.2, -0.15) is 0 Å². The van der Waals surface area contributed by atoms with Gasteiger partial charge in [0.2, 0.25) is 0 Å². The number of rotatable bonds is 3. The molecule has 0 atom stereocenters. The Labute approximate surface area is 122 Å². The minimum Gasteiger partial charge on any atom is -0.504 e. The minimum atomic E-state index is 0.138. The van der Waals surface area contributed by atoms with Gasteiger partial charge in [0.15, 0.2) is 11.5 Å². The monoisotopic (exact) mass is 287 g/mol. The van der Waals surface area contributed by atoms with Gasteiger partial charge in [0.05, 0.1) is 5.02 Å². The first kappa shape index (κ1) is 12.9. The number of hydrogen-bond donors (Lipinski definition) is 1. The fraction of sp³-hybridized carbons (Fsp3) is 0.125. The van der Waals surface area contributed by atoms with Crippen molar-refractivity contribution >= 4 is 22.5 Å². The highest BCUT2D eigenvalue weighted by Gasteiger charge is 2.11. The van der Waals surface area contributed by atoms with E-state index in [1.54, 1.807) is 18.2 Å². The van der Waals surface area contributed by atoms with Crippen LogP contribution in [0.15, 0.2) is 48.7 Å².